The number of hydrogen-bond donors (Lipinski definition) is 1. The molecule has 19 heavy (non-hydrogen) atoms. The lowest BCUT2D eigenvalue weighted by molar-refractivity contribution is -0.0265. The summed E-state index contributed by atoms with van der Waals surface area (Å²) < 4.78 is 12.0. The first-order chi connectivity index (χ1) is 9.15. The highest BCUT2D eigenvalue weighted by Gasteiger charge is 2.21. The summed E-state index contributed by atoms with van der Waals surface area (Å²) in [5.74, 6) is 0.775. The number of benzene rings is 1. The van der Waals surface area contributed by atoms with Crippen molar-refractivity contribution in [3.8, 4) is 5.75 Å². The zero-order valence-electron chi connectivity index (χ0n) is 11.1. The number of aliphatic hydroxyl groups is 1. The first kappa shape index (κ1) is 14.8. The van der Waals surface area contributed by atoms with E-state index in [1.807, 2.05) is 24.3 Å². The Morgan fingerprint density at radius 2 is 2.21 bits per heavy atom. The highest BCUT2D eigenvalue weighted by atomic mass is 79.9. The Bertz CT molecular complexity index is 385. The van der Waals surface area contributed by atoms with Gasteiger partial charge in [-0.25, -0.2) is 0 Å². The topological polar surface area (TPSA) is 41.9 Å². The lowest BCUT2D eigenvalue weighted by Crippen LogP contribution is -2.47. The van der Waals surface area contributed by atoms with Gasteiger partial charge in [0.15, 0.2) is 0 Å². The van der Waals surface area contributed by atoms with Crippen LogP contribution in [0.3, 0.4) is 0 Å². The fourth-order valence-electron chi connectivity index (χ4n) is 2.08. The predicted octanol–water partition coefficient (Wildman–Crippen LogP) is 1.91. The van der Waals surface area contributed by atoms with Crippen molar-refractivity contribution in [1.82, 2.24) is 4.90 Å². The second-order valence-corrected chi connectivity index (χ2v) is 5.75. The molecule has 1 heterocycles. The first-order valence-corrected chi connectivity index (χ1v) is 7.32. The highest BCUT2D eigenvalue weighted by Crippen LogP contribution is 2.16. The Balaban J connectivity index is 1.74. The number of ether oxygens (including phenoxy) is 2. The number of rotatable bonds is 5. The molecule has 2 rings (SSSR count). The molecule has 1 aliphatic heterocycles. The molecule has 2 atom stereocenters. The van der Waals surface area contributed by atoms with Crippen LogP contribution in [0.1, 0.15) is 6.92 Å². The second-order valence-electron chi connectivity index (χ2n) is 4.84. The summed E-state index contributed by atoms with van der Waals surface area (Å²) in [4.78, 5) is 2.24. The van der Waals surface area contributed by atoms with Crippen LogP contribution in [0.5, 0.6) is 5.75 Å². The van der Waals surface area contributed by atoms with Crippen LogP contribution in [0, 0.1) is 0 Å². The van der Waals surface area contributed by atoms with Gasteiger partial charge in [-0.3, -0.25) is 4.90 Å². The van der Waals surface area contributed by atoms with Crippen molar-refractivity contribution in [3.05, 3.63) is 28.7 Å². The van der Waals surface area contributed by atoms with Gasteiger partial charge in [-0.2, -0.15) is 0 Å². The summed E-state index contributed by atoms with van der Waals surface area (Å²) in [6.45, 7) is 5.40. The molecule has 0 amide bonds. The van der Waals surface area contributed by atoms with E-state index in [0.717, 1.165) is 30.0 Å². The Morgan fingerprint density at radius 1 is 1.47 bits per heavy atom. The Labute approximate surface area is 122 Å². The normalized spacial score (nSPS) is 22.2. The van der Waals surface area contributed by atoms with Gasteiger partial charge in [0, 0.05) is 23.6 Å². The van der Waals surface area contributed by atoms with E-state index in [-0.39, 0.29) is 0 Å². The van der Waals surface area contributed by atoms with E-state index >= 15 is 0 Å². The van der Waals surface area contributed by atoms with E-state index in [4.69, 9.17) is 9.47 Å². The molecule has 0 spiro atoms. The van der Waals surface area contributed by atoms with Crippen molar-refractivity contribution < 1.29 is 14.6 Å². The van der Waals surface area contributed by atoms with E-state index in [0.29, 0.717) is 19.2 Å². The molecular weight excluding hydrogens is 310 g/mol. The van der Waals surface area contributed by atoms with E-state index < -0.39 is 6.10 Å². The van der Waals surface area contributed by atoms with Crippen LogP contribution < -0.4 is 4.74 Å². The largest absolute Gasteiger partial charge is 0.491 e. The van der Waals surface area contributed by atoms with E-state index in [2.05, 4.69) is 27.8 Å². The molecule has 0 radical (unpaired) electrons. The molecule has 0 aromatic heterocycles. The van der Waals surface area contributed by atoms with Gasteiger partial charge in [-0.1, -0.05) is 15.9 Å². The zero-order chi connectivity index (χ0) is 13.7. The molecule has 106 valence electrons. The summed E-state index contributed by atoms with van der Waals surface area (Å²) in [5.41, 5.74) is 0. The first-order valence-electron chi connectivity index (χ1n) is 6.53. The van der Waals surface area contributed by atoms with Crippen molar-refractivity contribution in [2.75, 3.05) is 32.9 Å². The molecule has 1 N–H and O–H groups in total. The van der Waals surface area contributed by atoms with Gasteiger partial charge >= 0.3 is 0 Å². The molecule has 1 aromatic carbocycles. The number of halogens is 1. The molecule has 0 bridgehead atoms. The molecular formula is C14H20BrNO3. The third-order valence-electron chi connectivity index (χ3n) is 3.21. The summed E-state index contributed by atoms with van der Waals surface area (Å²) in [6, 6.07) is 7.97. The predicted molar refractivity (Wildman–Crippen MR) is 77.5 cm³/mol. The average Bonchev–Trinajstić information content (AvgIpc) is 2.41. The molecule has 1 saturated heterocycles. The zero-order valence-corrected chi connectivity index (χ0v) is 12.7. The standard InChI is InChI=1S/C14H20BrNO3/c1-11-9-18-7-6-16(11)8-13(17)10-19-14-4-2-12(15)3-5-14/h2-5,11,13,17H,6-10H2,1H3. The maximum Gasteiger partial charge on any atom is 0.119 e. The summed E-state index contributed by atoms with van der Waals surface area (Å²) in [6.07, 6.45) is -0.482. The molecule has 2 unspecified atom stereocenters. The minimum absolute atomic E-state index is 0.311. The van der Waals surface area contributed by atoms with Gasteiger partial charge in [0.2, 0.25) is 0 Å². The van der Waals surface area contributed by atoms with Gasteiger partial charge in [-0.15, -0.1) is 0 Å². The van der Waals surface area contributed by atoms with Crippen LogP contribution in [0.4, 0.5) is 0 Å². The third-order valence-corrected chi connectivity index (χ3v) is 3.74. The lowest BCUT2D eigenvalue weighted by atomic mass is 10.2. The van der Waals surface area contributed by atoms with Crippen LogP contribution >= 0.6 is 15.9 Å². The van der Waals surface area contributed by atoms with Gasteiger partial charge in [-0.05, 0) is 31.2 Å². The highest BCUT2D eigenvalue weighted by molar-refractivity contribution is 9.10. The third kappa shape index (κ3) is 4.76. The number of aliphatic hydroxyl groups excluding tert-OH is 1. The second kappa shape index (κ2) is 7.24. The number of β-amino-alcohol motifs (C(OH)–C–C–N with tert-alkyl or cyclic N) is 1. The minimum Gasteiger partial charge on any atom is -0.491 e. The quantitative estimate of drug-likeness (QED) is 0.896. The van der Waals surface area contributed by atoms with Crippen molar-refractivity contribution in [1.29, 1.82) is 0 Å². The molecule has 0 saturated carbocycles. The Hall–Kier alpha value is -0.620. The molecule has 5 heteroatoms. The van der Waals surface area contributed by atoms with Gasteiger partial charge in [0.05, 0.1) is 13.2 Å². The number of morpholine rings is 1. The van der Waals surface area contributed by atoms with Crippen molar-refractivity contribution in [2.24, 2.45) is 0 Å². The van der Waals surface area contributed by atoms with Crippen molar-refractivity contribution in [3.63, 3.8) is 0 Å². The van der Waals surface area contributed by atoms with E-state index in [1.54, 1.807) is 0 Å². The molecule has 1 aliphatic rings. The summed E-state index contributed by atoms with van der Waals surface area (Å²) in [5, 5.41) is 10.0. The maximum absolute atomic E-state index is 10.0. The molecule has 1 fully saturated rings. The fraction of sp³-hybridized carbons (Fsp3) is 0.571. The monoisotopic (exact) mass is 329 g/mol. The van der Waals surface area contributed by atoms with Crippen LogP contribution in [-0.4, -0.2) is 55.1 Å². The average molecular weight is 330 g/mol. The van der Waals surface area contributed by atoms with Crippen molar-refractivity contribution >= 4 is 15.9 Å². The number of nitrogens with zero attached hydrogens (tertiary/aromatic N) is 1. The Morgan fingerprint density at radius 3 is 2.89 bits per heavy atom. The van der Waals surface area contributed by atoms with Crippen molar-refractivity contribution in [2.45, 2.75) is 19.1 Å². The van der Waals surface area contributed by atoms with Crippen LogP contribution in [-0.2, 0) is 4.74 Å². The maximum atomic E-state index is 10.0. The summed E-state index contributed by atoms with van der Waals surface area (Å²) >= 11 is 3.37. The Kier molecular flexibility index (Phi) is 5.63. The SMILES string of the molecule is CC1COCCN1CC(O)COc1ccc(Br)cc1. The fourth-order valence-corrected chi connectivity index (χ4v) is 2.34. The number of hydrogen-bond acceptors (Lipinski definition) is 4. The lowest BCUT2D eigenvalue weighted by Gasteiger charge is -2.34. The van der Waals surface area contributed by atoms with E-state index in [1.165, 1.54) is 0 Å². The van der Waals surface area contributed by atoms with Gasteiger partial charge < -0.3 is 14.6 Å². The molecule has 0 aliphatic carbocycles. The van der Waals surface area contributed by atoms with Gasteiger partial charge in [0.1, 0.15) is 18.5 Å². The molecule has 1 aromatic rings. The summed E-state index contributed by atoms with van der Waals surface area (Å²) in [7, 11) is 0. The van der Waals surface area contributed by atoms with E-state index in [9.17, 15) is 5.11 Å². The van der Waals surface area contributed by atoms with Crippen LogP contribution in [0.2, 0.25) is 0 Å². The van der Waals surface area contributed by atoms with Gasteiger partial charge in [0.25, 0.3) is 0 Å². The smallest absolute Gasteiger partial charge is 0.119 e. The minimum atomic E-state index is -0.482. The molecule has 4 nitrogen and oxygen atoms in total. The van der Waals surface area contributed by atoms with Crippen LogP contribution in [0.15, 0.2) is 28.7 Å². The van der Waals surface area contributed by atoms with Crippen LogP contribution in [0.25, 0.3) is 0 Å².